The largest absolute Gasteiger partial charge is 0.394 e. The molecule has 1 N–H and O–H groups in total. The molecule has 104 valence electrons. The summed E-state index contributed by atoms with van der Waals surface area (Å²) < 4.78 is 0. The van der Waals surface area contributed by atoms with Gasteiger partial charge >= 0.3 is 0 Å². The van der Waals surface area contributed by atoms with E-state index in [1.54, 1.807) is 0 Å². The van der Waals surface area contributed by atoms with E-state index in [0.717, 1.165) is 38.6 Å². The van der Waals surface area contributed by atoms with Crippen LogP contribution in [0.2, 0.25) is 0 Å². The highest BCUT2D eigenvalue weighted by molar-refractivity contribution is 5.79. The number of hydrogen-bond acceptors (Lipinski definition) is 2. The number of rotatable bonds is 2. The molecule has 1 unspecified atom stereocenters. The van der Waals surface area contributed by atoms with Crippen LogP contribution in [0.25, 0.3) is 0 Å². The number of amides is 1. The van der Waals surface area contributed by atoms with E-state index in [1.807, 2.05) is 4.90 Å². The lowest BCUT2D eigenvalue weighted by molar-refractivity contribution is -0.139. The van der Waals surface area contributed by atoms with Crippen LogP contribution in [0.5, 0.6) is 0 Å². The predicted octanol–water partition coefficient (Wildman–Crippen LogP) is 2.72. The maximum absolute atomic E-state index is 12.6. The molecule has 2 rings (SSSR count). The second-order valence-corrected chi connectivity index (χ2v) is 5.91. The summed E-state index contributed by atoms with van der Waals surface area (Å²) in [5.74, 6) is 0.567. The number of carbonyl (C=O) groups is 1. The fraction of sp³-hybridized carbons (Fsp3) is 0.933. The van der Waals surface area contributed by atoms with Crippen LogP contribution in [-0.4, -0.2) is 35.1 Å². The van der Waals surface area contributed by atoms with Gasteiger partial charge in [0.2, 0.25) is 5.91 Å². The van der Waals surface area contributed by atoms with E-state index in [0.29, 0.717) is 5.91 Å². The average Bonchev–Trinajstić information content (AvgIpc) is 2.80. The minimum absolute atomic E-state index is 0.0863. The number of nitrogens with zero attached hydrogens (tertiary/aromatic N) is 1. The molecular weight excluding hydrogens is 226 g/mol. The quantitative estimate of drug-likeness (QED) is 0.769. The van der Waals surface area contributed by atoms with Crippen LogP contribution in [0.1, 0.15) is 64.2 Å². The average molecular weight is 253 g/mol. The molecular formula is C15H27NO2. The van der Waals surface area contributed by atoms with E-state index in [9.17, 15) is 9.90 Å². The third kappa shape index (κ3) is 3.47. The second kappa shape index (κ2) is 7.13. The van der Waals surface area contributed by atoms with Gasteiger partial charge in [-0.15, -0.1) is 0 Å². The van der Waals surface area contributed by atoms with Gasteiger partial charge in [0, 0.05) is 12.5 Å². The number of aliphatic hydroxyl groups is 1. The number of likely N-dealkylation sites (tertiary alicyclic amines) is 1. The van der Waals surface area contributed by atoms with Gasteiger partial charge in [0.25, 0.3) is 0 Å². The van der Waals surface area contributed by atoms with Crippen molar-refractivity contribution in [1.82, 2.24) is 4.90 Å². The van der Waals surface area contributed by atoms with E-state index in [1.165, 1.54) is 32.1 Å². The highest BCUT2D eigenvalue weighted by atomic mass is 16.3. The van der Waals surface area contributed by atoms with Crippen molar-refractivity contribution in [3.8, 4) is 0 Å². The van der Waals surface area contributed by atoms with E-state index in [-0.39, 0.29) is 18.6 Å². The fourth-order valence-electron chi connectivity index (χ4n) is 3.42. The van der Waals surface area contributed by atoms with Crippen molar-refractivity contribution in [2.24, 2.45) is 5.92 Å². The number of hydrogen-bond donors (Lipinski definition) is 1. The fourth-order valence-corrected chi connectivity index (χ4v) is 3.42. The van der Waals surface area contributed by atoms with Crippen molar-refractivity contribution < 1.29 is 9.90 Å². The van der Waals surface area contributed by atoms with Crippen molar-refractivity contribution in [3.05, 3.63) is 0 Å². The highest BCUT2D eigenvalue weighted by Gasteiger charge is 2.30. The molecule has 1 aliphatic carbocycles. The summed E-state index contributed by atoms with van der Waals surface area (Å²) >= 11 is 0. The molecule has 1 aliphatic heterocycles. The van der Waals surface area contributed by atoms with Crippen LogP contribution in [0.3, 0.4) is 0 Å². The van der Waals surface area contributed by atoms with Crippen molar-refractivity contribution in [3.63, 3.8) is 0 Å². The summed E-state index contributed by atoms with van der Waals surface area (Å²) in [6.45, 7) is 0.999. The molecule has 1 amide bonds. The lowest BCUT2D eigenvalue weighted by Crippen LogP contribution is -2.45. The summed E-state index contributed by atoms with van der Waals surface area (Å²) in [6.07, 6.45) is 11.5. The zero-order valence-electron chi connectivity index (χ0n) is 11.4. The smallest absolute Gasteiger partial charge is 0.226 e. The Morgan fingerprint density at radius 2 is 1.56 bits per heavy atom. The first-order valence-corrected chi connectivity index (χ1v) is 7.74. The Morgan fingerprint density at radius 1 is 0.944 bits per heavy atom. The Bertz CT molecular complexity index is 259. The molecule has 18 heavy (non-hydrogen) atoms. The summed E-state index contributed by atoms with van der Waals surface area (Å²) in [5, 5.41) is 9.50. The van der Waals surface area contributed by atoms with Crippen LogP contribution >= 0.6 is 0 Å². The van der Waals surface area contributed by atoms with Crippen LogP contribution in [0, 0.1) is 5.92 Å². The molecule has 3 heteroatoms. The molecule has 0 bridgehead atoms. The molecule has 1 saturated heterocycles. The van der Waals surface area contributed by atoms with E-state index >= 15 is 0 Å². The molecule has 2 fully saturated rings. The molecule has 0 aromatic carbocycles. The highest BCUT2D eigenvalue weighted by Crippen LogP contribution is 2.27. The number of aliphatic hydroxyl groups excluding tert-OH is 1. The van der Waals surface area contributed by atoms with Gasteiger partial charge in [-0.3, -0.25) is 4.79 Å². The van der Waals surface area contributed by atoms with Crippen molar-refractivity contribution >= 4 is 5.91 Å². The minimum atomic E-state index is 0.0863. The Kier molecular flexibility index (Phi) is 5.48. The Labute approximate surface area is 111 Å². The lowest BCUT2D eigenvalue weighted by atomic mass is 9.97. The first kappa shape index (κ1) is 13.9. The Hall–Kier alpha value is -0.570. The van der Waals surface area contributed by atoms with Crippen LogP contribution in [0.15, 0.2) is 0 Å². The van der Waals surface area contributed by atoms with E-state index in [2.05, 4.69) is 0 Å². The van der Waals surface area contributed by atoms with Gasteiger partial charge in [0.15, 0.2) is 0 Å². The van der Waals surface area contributed by atoms with E-state index < -0.39 is 0 Å². The molecule has 1 heterocycles. The molecule has 3 nitrogen and oxygen atoms in total. The SMILES string of the molecule is O=C(C1CCCCCC1)N1CCCCCC1CO. The van der Waals surface area contributed by atoms with Crippen LogP contribution < -0.4 is 0 Å². The van der Waals surface area contributed by atoms with Crippen molar-refractivity contribution in [2.75, 3.05) is 13.2 Å². The molecule has 0 spiro atoms. The van der Waals surface area contributed by atoms with E-state index in [4.69, 9.17) is 0 Å². The van der Waals surface area contributed by atoms with Gasteiger partial charge in [0.1, 0.15) is 0 Å². The zero-order valence-corrected chi connectivity index (χ0v) is 11.4. The maximum Gasteiger partial charge on any atom is 0.226 e. The van der Waals surface area contributed by atoms with Gasteiger partial charge in [-0.05, 0) is 25.7 Å². The molecule has 0 radical (unpaired) electrons. The van der Waals surface area contributed by atoms with Gasteiger partial charge in [-0.25, -0.2) is 0 Å². The molecule has 2 aliphatic rings. The Balaban J connectivity index is 1.99. The van der Waals surface area contributed by atoms with Gasteiger partial charge in [-0.2, -0.15) is 0 Å². The second-order valence-electron chi connectivity index (χ2n) is 5.91. The Morgan fingerprint density at radius 3 is 2.22 bits per heavy atom. The number of carbonyl (C=O) groups excluding carboxylic acids is 1. The third-order valence-electron chi connectivity index (χ3n) is 4.58. The van der Waals surface area contributed by atoms with Crippen molar-refractivity contribution in [1.29, 1.82) is 0 Å². The maximum atomic E-state index is 12.6. The molecule has 0 aromatic rings. The standard InChI is InChI=1S/C15H27NO2/c17-12-14-10-6-3-7-11-16(14)15(18)13-8-4-1-2-5-9-13/h13-14,17H,1-12H2. The first-order chi connectivity index (χ1) is 8.83. The summed E-state index contributed by atoms with van der Waals surface area (Å²) in [5.41, 5.74) is 0. The third-order valence-corrected chi connectivity index (χ3v) is 4.58. The van der Waals surface area contributed by atoms with Gasteiger partial charge in [-0.1, -0.05) is 38.5 Å². The molecule has 1 atom stereocenters. The first-order valence-electron chi connectivity index (χ1n) is 7.74. The zero-order chi connectivity index (χ0) is 12.8. The lowest BCUT2D eigenvalue weighted by Gasteiger charge is -2.32. The summed E-state index contributed by atoms with van der Waals surface area (Å²) in [6, 6.07) is 0.0863. The normalized spacial score (nSPS) is 27.6. The summed E-state index contributed by atoms with van der Waals surface area (Å²) in [4.78, 5) is 14.6. The monoisotopic (exact) mass is 253 g/mol. The van der Waals surface area contributed by atoms with Crippen molar-refractivity contribution in [2.45, 2.75) is 70.3 Å². The minimum Gasteiger partial charge on any atom is -0.394 e. The van der Waals surface area contributed by atoms with Crippen LogP contribution in [-0.2, 0) is 4.79 Å². The van der Waals surface area contributed by atoms with Gasteiger partial charge < -0.3 is 10.0 Å². The van der Waals surface area contributed by atoms with Gasteiger partial charge in [0.05, 0.1) is 12.6 Å². The molecule has 0 aromatic heterocycles. The predicted molar refractivity (Wildman–Crippen MR) is 72.2 cm³/mol. The van der Waals surface area contributed by atoms with Crippen LogP contribution in [0.4, 0.5) is 0 Å². The summed E-state index contributed by atoms with van der Waals surface area (Å²) in [7, 11) is 0. The topological polar surface area (TPSA) is 40.5 Å². The molecule has 1 saturated carbocycles.